The van der Waals surface area contributed by atoms with Crippen LogP contribution in [0, 0.1) is 0 Å². The van der Waals surface area contributed by atoms with Gasteiger partial charge in [-0.15, -0.1) is 5.10 Å². The number of piperidine rings is 1. The Hall–Kier alpha value is -4.66. The molecule has 47 heavy (non-hydrogen) atoms. The molecular weight excluding hydrogens is 600 g/mol. The average Bonchev–Trinajstić information content (AvgIpc) is 3.55. The SMILES string of the molecule is CCn1nnc2c(N3CCOCC3)nc(-c3ccc(NC(=O)Nc4ccc(C(=O)N5CCC(N6CCOCC6)CC5)cc4)cc3)nc21. The minimum Gasteiger partial charge on any atom is -0.379 e. The van der Waals surface area contributed by atoms with Gasteiger partial charge < -0.3 is 29.9 Å². The molecule has 0 aliphatic carbocycles. The Bertz CT molecular complexity index is 1690. The number of aryl methyl sites for hydroxylation is 1. The molecule has 0 atom stereocenters. The van der Waals surface area contributed by atoms with Gasteiger partial charge in [-0.05, 0) is 68.3 Å². The van der Waals surface area contributed by atoms with Gasteiger partial charge in [-0.3, -0.25) is 9.69 Å². The smallest absolute Gasteiger partial charge is 0.323 e. The molecule has 3 fully saturated rings. The third-order valence-corrected chi connectivity index (χ3v) is 9.06. The molecule has 14 nitrogen and oxygen atoms in total. The van der Waals surface area contributed by atoms with Crippen LogP contribution in [0.5, 0.6) is 0 Å². The lowest BCUT2D eigenvalue weighted by molar-refractivity contribution is 0.00159. The molecule has 3 amide bonds. The number of hydrogen-bond acceptors (Lipinski definition) is 10. The number of ether oxygens (including phenoxy) is 2. The van der Waals surface area contributed by atoms with E-state index in [1.807, 2.05) is 36.1 Å². The van der Waals surface area contributed by atoms with Gasteiger partial charge in [-0.2, -0.15) is 0 Å². The number of likely N-dealkylation sites (tertiary alicyclic amines) is 1. The Morgan fingerprint density at radius 2 is 1.43 bits per heavy atom. The van der Waals surface area contributed by atoms with Gasteiger partial charge in [0.15, 0.2) is 22.8 Å². The summed E-state index contributed by atoms with van der Waals surface area (Å²) in [5.41, 5.74) is 4.00. The van der Waals surface area contributed by atoms with Crippen molar-refractivity contribution in [2.45, 2.75) is 32.4 Å². The largest absolute Gasteiger partial charge is 0.379 e. The number of hydrogen-bond donors (Lipinski definition) is 2. The summed E-state index contributed by atoms with van der Waals surface area (Å²) in [6, 6.07) is 14.6. The lowest BCUT2D eigenvalue weighted by Crippen LogP contribution is -2.50. The molecule has 14 heteroatoms. The van der Waals surface area contributed by atoms with Crippen LogP contribution < -0.4 is 15.5 Å². The molecule has 3 saturated heterocycles. The van der Waals surface area contributed by atoms with E-state index in [4.69, 9.17) is 19.4 Å². The Balaban J connectivity index is 0.956. The lowest BCUT2D eigenvalue weighted by Gasteiger charge is -2.40. The van der Waals surface area contributed by atoms with E-state index < -0.39 is 0 Å². The maximum absolute atomic E-state index is 13.1. The molecule has 4 aromatic rings. The molecule has 0 spiro atoms. The van der Waals surface area contributed by atoms with Crippen molar-refractivity contribution < 1.29 is 19.1 Å². The van der Waals surface area contributed by atoms with Gasteiger partial charge in [0, 0.05) is 74.4 Å². The molecule has 5 heterocycles. The Morgan fingerprint density at radius 3 is 2.06 bits per heavy atom. The summed E-state index contributed by atoms with van der Waals surface area (Å²) in [7, 11) is 0. The van der Waals surface area contributed by atoms with E-state index in [2.05, 4.69) is 30.7 Å². The number of morpholine rings is 2. The number of anilines is 3. The molecule has 0 bridgehead atoms. The maximum atomic E-state index is 13.1. The number of amides is 3. The third kappa shape index (κ3) is 6.89. The van der Waals surface area contributed by atoms with Crippen LogP contribution >= 0.6 is 0 Å². The highest BCUT2D eigenvalue weighted by molar-refractivity contribution is 6.00. The van der Waals surface area contributed by atoms with Crippen molar-refractivity contribution >= 4 is 40.3 Å². The first kappa shape index (κ1) is 31.0. The zero-order valence-electron chi connectivity index (χ0n) is 26.6. The predicted octanol–water partition coefficient (Wildman–Crippen LogP) is 3.33. The first-order chi connectivity index (χ1) is 23.1. The minimum atomic E-state index is -0.382. The van der Waals surface area contributed by atoms with Crippen LogP contribution in [0.4, 0.5) is 22.0 Å². The highest BCUT2D eigenvalue weighted by atomic mass is 16.5. The Kier molecular flexibility index (Phi) is 9.22. The summed E-state index contributed by atoms with van der Waals surface area (Å²) >= 11 is 0. The number of nitrogens with one attached hydrogen (secondary N) is 2. The van der Waals surface area contributed by atoms with Crippen LogP contribution in [0.3, 0.4) is 0 Å². The fourth-order valence-electron chi connectivity index (χ4n) is 6.43. The van der Waals surface area contributed by atoms with Gasteiger partial charge in [0.1, 0.15) is 0 Å². The molecule has 0 radical (unpaired) electrons. The molecule has 2 N–H and O–H groups in total. The van der Waals surface area contributed by atoms with Gasteiger partial charge in [-0.25, -0.2) is 19.4 Å². The van der Waals surface area contributed by atoms with Crippen molar-refractivity contribution in [2.75, 3.05) is 81.2 Å². The van der Waals surface area contributed by atoms with Gasteiger partial charge in [0.25, 0.3) is 5.91 Å². The summed E-state index contributed by atoms with van der Waals surface area (Å²) in [4.78, 5) is 42.2. The number of benzene rings is 2. The lowest BCUT2D eigenvalue weighted by atomic mass is 10.0. The highest BCUT2D eigenvalue weighted by Gasteiger charge is 2.28. The van der Waals surface area contributed by atoms with Crippen LogP contribution in [-0.2, 0) is 16.0 Å². The first-order valence-corrected chi connectivity index (χ1v) is 16.4. The zero-order valence-corrected chi connectivity index (χ0v) is 26.6. The van der Waals surface area contributed by atoms with Gasteiger partial charge in [0.2, 0.25) is 0 Å². The average molecular weight is 641 g/mol. The number of aromatic nitrogens is 5. The van der Waals surface area contributed by atoms with Crippen molar-refractivity contribution in [3.63, 3.8) is 0 Å². The van der Waals surface area contributed by atoms with Crippen molar-refractivity contribution in [1.29, 1.82) is 0 Å². The summed E-state index contributed by atoms with van der Waals surface area (Å²) < 4.78 is 12.8. The fraction of sp³-hybridized carbons (Fsp3) is 0.455. The van der Waals surface area contributed by atoms with E-state index in [9.17, 15) is 9.59 Å². The van der Waals surface area contributed by atoms with Crippen molar-refractivity contribution in [3.8, 4) is 11.4 Å². The van der Waals surface area contributed by atoms with Crippen LogP contribution in [0.1, 0.15) is 30.1 Å². The molecule has 7 rings (SSSR count). The number of nitrogens with zero attached hydrogens (tertiary/aromatic N) is 8. The fourth-order valence-corrected chi connectivity index (χ4v) is 6.43. The van der Waals surface area contributed by atoms with Crippen LogP contribution in [-0.4, -0.2) is 118 Å². The summed E-state index contributed by atoms with van der Waals surface area (Å²) in [5, 5.41) is 14.3. The quantitative estimate of drug-likeness (QED) is 0.309. The van der Waals surface area contributed by atoms with E-state index in [-0.39, 0.29) is 11.9 Å². The molecule has 0 unspecified atom stereocenters. The highest BCUT2D eigenvalue weighted by Crippen LogP contribution is 2.28. The molecule has 2 aromatic heterocycles. The van der Waals surface area contributed by atoms with Gasteiger partial charge in [0.05, 0.1) is 26.4 Å². The van der Waals surface area contributed by atoms with Crippen molar-refractivity contribution in [3.05, 3.63) is 54.1 Å². The Labute approximate surface area is 273 Å². The number of urea groups is 1. The number of carbonyl (C=O) groups excluding carboxylic acids is 2. The van der Waals surface area contributed by atoms with Crippen LogP contribution in [0.25, 0.3) is 22.6 Å². The predicted molar refractivity (Wildman–Crippen MR) is 178 cm³/mol. The summed E-state index contributed by atoms with van der Waals surface area (Å²) in [5.74, 6) is 1.33. The van der Waals surface area contributed by atoms with Crippen molar-refractivity contribution in [2.24, 2.45) is 0 Å². The van der Waals surface area contributed by atoms with Gasteiger partial charge in [-0.1, -0.05) is 5.21 Å². The van der Waals surface area contributed by atoms with E-state index in [0.717, 1.165) is 76.7 Å². The van der Waals surface area contributed by atoms with E-state index in [0.29, 0.717) is 59.7 Å². The topological polar surface area (TPSA) is 143 Å². The van der Waals surface area contributed by atoms with Crippen molar-refractivity contribution in [1.82, 2.24) is 34.8 Å². The zero-order chi connectivity index (χ0) is 32.2. The number of rotatable bonds is 7. The standard InChI is InChI=1S/C33H40N10O4/c1-2-43-31-28(38-39-43)30(41-17-21-47-22-18-41)36-29(37-31)23-3-7-25(8-4-23)34-33(45)35-26-9-5-24(6-10-26)32(44)42-13-11-27(12-14-42)40-15-19-46-20-16-40/h3-10,27H,2,11-22H2,1H3,(H2,34,35,45). The number of carbonyl (C=O) groups is 2. The van der Waals surface area contributed by atoms with Crippen LogP contribution in [0.15, 0.2) is 48.5 Å². The van der Waals surface area contributed by atoms with E-state index in [1.165, 1.54) is 0 Å². The molecular formula is C33H40N10O4. The third-order valence-electron chi connectivity index (χ3n) is 9.06. The second-order valence-electron chi connectivity index (χ2n) is 12.0. The molecule has 0 saturated carbocycles. The first-order valence-electron chi connectivity index (χ1n) is 16.4. The molecule has 3 aliphatic rings. The van der Waals surface area contributed by atoms with Crippen LogP contribution in [0.2, 0.25) is 0 Å². The second-order valence-corrected chi connectivity index (χ2v) is 12.0. The van der Waals surface area contributed by atoms with E-state index in [1.54, 1.807) is 28.9 Å². The second kappa shape index (κ2) is 14.0. The number of fused-ring (bicyclic) bond motifs is 1. The molecule has 246 valence electrons. The molecule has 3 aliphatic heterocycles. The molecule has 2 aromatic carbocycles. The normalized spacial score (nSPS) is 18.0. The minimum absolute atomic E-state index is 0.0251. The summed E-state index contributed by atoms with van der Waals surface area (Å²) in [6.45, 7) is 10.4. The Morgan fingerprint density at radius 1 is 0.809 bits per heavy atom. The van der Waals surface area contributed by atoms with E-state index >= 15 is 0 Å². The monoisotopic (exact) mass is 640 g/mol. The van der Waals surface area contributed by atoms with Gasteiger partial charge >= 0.3 is 6.03 Å². The summed E-state index contributed by atoms with van der Waals surface area (Å²) in [6.07, 6.45) is 1.96. The maximum Gasteiger partial charge on any atom is 0.323 e.